The lowest BCUT2D eigenvalue weighted by atomic mass is 9.96. The number of hydrogen-bond acceptors (Lipinski definition) is 5. The lowest BCUT2D eigenvalue weighted by molar-refractivity contribution is -0.139. The Bertz CT molecular complexity index is 432. The third kappa shape index (κ3) is 3.17. The van der Waals surface area contributed by atoms with Crippen LogP contribution in [0, 0.1) is 5.92 Å². The molecule has 18 heavy (non-hydrogen) atoms. The van der Waals surface area contributed by atoms with Gasteiger partial charge in [-0.05, 0) is 25.0 Å². The second kappa shape index (κ2) is 6.11. The minimum atomic E-state index is -0.281. The van der Waals surface area contributed by atoms with Crippen LogP contribution in [0.5, 0.6) is 0 Å². The molecule has 2 rings (SSSR count). The van der Waals surface area contributed by atoms with E-state index in [0.29, 0.717) is 11.5 Å². The molecule has 1 aliphatic heterocycles. The molecule has 98 valence electrons. The van der Waals surface area contributed by atoms with Crippen LogP contribution in [0.2, 0.25) is 0 Å². The monoisotopic (exact) mass is 268 g/mol. The van der Waals surface area contributed by atoms with E-state index in [-0.39, 0.29) is 24.1 Å². The van der Waals surface area contributed by atoms with E-state index in [1.165, 1.54) is 18.4 Å². The Hall–Kier alpha value is -1.20. The van der Waals surface area contributed by atoms with Gasteiger partial charge in [-0.1, -0.05) is 0 Å². The summed E-state index contributed by atoms with van der Waals surface area (Å²) >= 11 is 1.37. The third-order valence-corrected chi connectivity index (χ3v) is 4.08. The first-order valence-corrected chi connectivity index (χ1v) is 6.80. The van der Waals surface area contributed by atoms with Gasteiger partial charge in [0.15, 0.2) is 5.78 Å². The normalized spacial score (nSPS) is 19.5. The fourth-order valence-corrected chi connectivity index (χ4v) is 2.98. The van der Waals surface area contributed by atoms with E-state index in [1.54, 1.807) is 6.07 Å². The second-order valence-corrected chi connectivity index (χ2v) is 5.47. The van der Waals surface area contributed by atoms with Crippen LogP contribution in [0.1, 0.15) is 27.4 Å². The summed E-state index contributed by atoms with van der Waals surface area (Å²) in [6, 6.07) is 3.61. The first kappa shape index (κ1) is 13.2. The Morgan fingerprint density at radius 3 is 3.00 bits per heavy atom. The number of esters is 1. The summed E-state index contributed by atoms with van der Waals surface area (Å²) in [5, 5.41) is 0. The Morgan fingerprint density at radius 2 is 2.33 bits per heavy atom. The quantitative estimate of drug-likeness (QED) is 0.619. The average Bonchev–Trinajstić information content (AvgIpc) is 2.87. The zero-order valence-electron chi connectivity index (χ0n) is 10.3. The summed E-state index contributed by atoms with van der Waals surface area (Å²) in [5.41, 5.74) is 0. The van der Waals surface area contributed by atoms with Gasteiger partial charge in [-0.2, -0.15) is 0 Å². The highest BCUT2D eigenvalue weighted by Crippen LogP contribution is 2.24. The molecule has 0 saturated carbocycles. The minimum absolute atomic E-state index is 0.0247. The number of hydrogen-bond donors (Lipinski definition) is 0. The molecule has 0 spiro atoms. The van der Waals surface area contributed by atoms with Crippen LogP contribution in [0.4, 0.5) is 0 Å². The zero-order chi connectivity index (χ0) is 13.0. The zero-order valence-corrected chi connectivity index (χ0v) is 11.1. The van der Waals surface area contributed by atoms with Crippen molar-refractivity contribution in [3.05, 3.63) is 21.9 Å². The molecule has 1 atom stereocenters. The van der Waals surface area contributed by atoms with Crippen LogP contribution in [-0.4, -0.2) is 32.1 Å². The predicted molar refractivity (Wildman–Crippen MR) is 67.9 cm³/mol. The highest BCUT2D eigenvalue weighted by Gasteiger charge is 2.24. The van der Waals surface area contributed by atoms with E-state index in [2.05, 4.69) is 4.74 Å². The summed E-state index contributed by atoms with van der Waals surface area (Å²) in [7, 11) is 1.36. The van der Waals surface area contributed by atoms with Gasteiger partial charge in [0.1, 0.15) is 0 Å². The van der Waals surface area contributed by atoms with Crippen LogP contribution in [0.25, 0.3) is 0 Å². The molecule has 0 radical (unpaired) electrons. The number of methoxy groups -OCH3 is 1. The Balaban J connectivity index is 2.00. The Kier molecular flexibility index (Phi) is 4.49. The number of carbonyl (C=O) groups is 2. The van der Waals surface area contributed by atoms with E-state index in [4.69, 9.17) is 4.74 Å². The average molecular weight is 268 g/mol. The van der Waals surface area contributed by atoms with Gasteiger partial charge < -0.3 is 9.47 Å². The molecule has 0 N–H and O–H groups in total. The van der Waals surface area contributed by atoms with Gasteiger partial charge in [-0.15, -0.1) is 11.3 Å². The predicted octanol–water partition coefficient (Wildman–Crippen LogP) is 2.07. The van der Waals surface area contributed by atoms with Crippen LogP contribution < -0.4 is 0 Å². The van der Waals surface area contributed by atoms with Crippen molar-refractivity contribution < 1.29 is 19.1 Å². The molecule has 1 aromatic heterocycles. The Labute approximate surface area is 110 Å². The fourth-order valence-electron chi connectivity index (χ4n) is 1.97. The highest BCUT2D eigenvalue weighted by molar-refractivity contribution is 7.14. The van der Waals surface area contributed by atoms with Gasteiger partial charge in [0.05, 0.1) is 25.0 Å². The van der Waals surface area contributed by atoms with E-state index < -0.39 is 0 Å². The largest absolute Gasteiger partial charge is 0.469 e. The number of carbonyl (C=O) groups excluding carboxylic acids is 2. The van der Waals surface area contributed by atoms with Crippen molar-refractivity contribution in [2.75, 3.05) is 20.3 Å². The topological polar surface area (TPSA) is 52.6 Å². The smallest absolute Gasteiger partial charge is 0.310 e. The van der Waals surface area contributed by atoms with Crippen molar-refractivity contribution in [1.29, 1.82) is 0 Å². The molecular weight excluding hydrogens is 252 g/mol. The fraction of sp³-hybridized carbons (Fsp3) is 0.538. The molecule has 4 nitrogen and oxygen atoms in total. The van der Waals surface area contributed by atoms with Gasteiger partial charge in [-0.3, -0.25) is 9.59 Å². The van der Waals surface area contributed by atoms with Crippen LogP contribution in [0.15, 0.2) is 12.1 Å². The van der Waals surface area contributed by atoms with E-state index in [1.807, 2.05) is 6.07 Å². The molecule has 1 unspecified atom stereocenters. The number of rotatable bonds is 4. The van der Waals surface area contributed by atoms with Crippen molar-refractivity contribution in [2.24, 2.45) is 5.92 Å². The van der Waals surface area contributed by atoms with Crippen LogP contribution in [0.3, 0.4) is 0 Å². The number of Topliss-reactive ketones (excluding diaryl/α,β-unsaturated/α-hetero) is 1. The van der Waals surface area contributed by atoms with E-state index >= 15 is 0 Å². The lowest BCUT2D eigenvalue weighted by Gasteiger charge is -2.20. The summed E-state index contributed by atoms with van der Waals surface area (Å²) in [6.45, 7) is 1.27. The Morgan fingerprint density at radius 1 is 1.50 bits per heavy atom. The molecule has 1 aromatic rings. The van der Waals surface area contributed by atoms with E-state index in [0.717, 1.165) is 24.3 Å². The molecule has 0 bridgehead atoms. The standard InChI is InChI=1S/C13H16O4S/c1-16-12(14)7-10-4-5-11(18-10)13(15)9-3-2-6-17-8-9/h4-5,9H,2-3,6-8H2,1H3. The minimum Gasteiger partial charge on any atom is -0.469 e. The molecule has 0 aliphatic carbocycles. The first-order valence-electron chi connectivity index (χ1n) is 5.98. The molecule has 0 amide bonds. The SMILES string of the molecule is COC(=O)Cc1ccc(C(=O)C2CCCOC2)s1. The van der Waals surface area contributed by atoms with Crippen LogP contribution in [-0.2, 0) is 20.7 Å². The van der Waals surface area contributed by atoms with Crippen molar-refractivity contribution >= 4 is 23.1 Å². The summed E-state index contributed by atoms with van der Waals surface area (Å²) in [4.78, 5) is 24.9. The van der Waals surface area contributed by atoms with Crippen molar-refractivity contribution in [2.45, 2.75) is 19.3 Å². The summed E-state index contributed by atoms with van der Waals surface area (Å²) in [6.07, 6.45) is 2.06. The molecule has 2 heterocycles. The maximum atomic E-state index is 12.2. The van der Waals surface area contributed by atoms with Gasteiger partial charge >= 0.3 is 5.97 Å². The maximum absolute atomic E-state index is 12.2. The van der Waals surface area contributed by atoms with Gasteiger partial charge in [0.25, 0.3) is 0 Å². The maximum Gasteiger partial charge on any atom is 0.310 e. The number of thiophene rings is 1. The van der Waals surface area contributed by atoms with Gasteiger partial charge in [-0.25, -0.2) is 0 Å². The molecule has 0 aromatic carbocycles. The highest BCUT2D eigenvalue weighted by atomic mass is 32.1. The third-order valence-electron chi connectivity index (χ3n) is 2.98. The van der Waals surface area contributed by atoms with Crippen molar-refractivity contribution in [3.63, 3.8) is 0 Å². The second-order valence-electron chi connectivity index (χ2n) is 4.30. The summed E-state index contributed by atoms with van der Waals surface area (Å²) in [5.74, 6) is -0.170. The summed E-state index contributed by atoms with van der Waals surface area (Å²) < 4.78 is 9.93. The van der Waals surface area contributed by atoms with Crippen LogP contribution >= 0.6 is 11.3 Å². The van der Waals surface area contributed by atoms with Crippen molar-refractivity contribution in [1.82, 2.24) is 0 Å². The molecule has 5 heteroatoms. The van der Waals surface area contributed by atoms with Gasteiger partial charge in [0.2, 0.25) is 0 Å². The first-order chi connectivity index (χ1) is 8.70. The lowest BCUT2D eigenvalue weighted by Crippen LogP contribution is -2.24. The van der Waals surface area contributed by atoms with Gasteiger partial charge in [0, 0.05) is 17.4 Å². The van der Waals surface area contributed by atoms with E-state index in [9.17, 15) is 9.59 Å². The molecule has 1 fully saturated rings. The van der Waals surface area contributed by atoms with Crippen molar-refractivity contribution in [3.8, 4) is 0 Å². The number of ether oxygens (including phenoxy) is 2. The molecule has 1 aliphatic rings. The number of ketones is 1. The molecular formula is C13H16O4S. The molecule has 1 saturated heterocycles.